The summed E-state index contributed by atoms with van der Waals surface area (Å²) in [5.41, 5.74) is 2.57. The minimum atomic E-state index is -0.160. The normalized spacial score (nSPS) is 16.2. The number of rotatable bonds is 3. The van der Waals surface area contributed by atoms with E-state index < -0.39 is 0 Å². The van der Waals surface area contributed by atoms with Gasteiger partial charge in [-0.2, -0.15) is 10.2 Å². The van der Waals surface area contributed by atoms with Crippen LogP contribution in [0.3, 0.4) is 0 Å². The first-order chi connectivity index (χ1) is 12.7. The summed E-state index contributed by atoms with van der Waals surface area (Å²) in [4.78, 5) is 19.5. The zero-order valence-corrected chi connectivity index (χ0v) is 14.7. The Hall–Kier alpha value is -3.22. The van der Waals surface area contributed by atoms with Crippen LogP contribution in [0.1, 0.15) is 33.5 Å². The molecule has 0 N–H and O–H groups in total. The van der Waals surface area contributed by atoms with Gasteiger partial charge in [0.2, 0.25) is 0 Å². The van der Waals surface area contributed by atoms with Crippen LogP contribution in [0.25, 0.3) is 0 Å². The van der Waals surface area contributed by atoms with Crippen LogP contribution in [0, 0.1) is 6.92 Å². The van der Waals surface area contributed by atoms with Gasteiger partial charge >= 0.3 is 0 Å². The van der Waals surface area contributed by atoms with Gasteiger partial charge in [-0.3, -0.25) is 4.79 Å². The van der Waals surface area contributed by atoms with E-state index in [0.29, 0.717) is 18.7 Å². The third-order valence-corrected chi connectivity index (χ3v) is 4.77. The fourth-order valence-electron chi connectivity index (χ4n) is 3.42. The van der Waals surface area contributed by atoms with Gasteiger partial charge in [-0.25, -0.2) is 4.98 Å². The van der Waals surface area contributed by atoms with Crippen LogP contribution in [0.15, 0.2) is 48.9 Å². The molecule has 1 aliphatic heterocycles. The van der Waals surface area contributed by atoms with Gasteiger partial charge in [0.15, 0.2) is 0 Å². The fraction of sp³-hybridized carbons (Fsp3) is 0.263. The number of imidazole rings is 1. The molecule has 0 saturated carbocycles. The van der Waals surface area contributed by atoms with Crippen LogP contribution < -0.4 is 4.74 Å². The third-order valence-electron chi connectivity index (χ3n) is 4.77. The largest absolute Gasteiger partial charge is 0.496 e. The van der Waals surface area contributed by atoms with Crippen molar-refractivity contribution in [3.8, 4) is 5.75 Å². The highest BCUT2D eigenvalue weighted by Crippen LogP contribution is 2.35. The Bertz CT molecular complexity index is 938. The van der Waals surface area contributed by atoms with Crippen molar-refractivity contribution in [2.75, 3.05) is 7.11 Å². The minimum absolute atomic E-state index is 0.0947. The lowest BCUT2D eigenvalue weighted by atomic mass is 10.0. The van der Waals surface area contributed by atoms with Crippen molar-refractivity contribution in [2.45, 2.75) is 26.1 Å². The summed E-state index contributed by atoms with van der Waals surface area (Å²) in [5.74, 6) is 1.55. The second-order valence-electron chi connectivity index (χ2n) is 6.25. The smallest absolute Gasteiger partial charge is 0.256 e. The Labute approximate surface area is 151 Å². The Balaban J connectivity index is 1.80. The van der Waals surface area contributed by atoms with Gasteiger partial charge in [0.25, 0.3) is 5.91 Å². The maximum atomic E-state index is 13.2. The summed E-state index contributed by atoms with van der Waals surface area (Å²) in [7, 11) is 1.65. The van der Waals surface area contributed by atoms with Crippen LogP contribution in [-0.4, -0.2) is 37.7 Å². The summed E-state index contributed by atoms with van der Waals surface area (Å²) in [6.07, 6.45) is 4.87. The van der Waals surface area contributed by atoms with Crippen LogP contribution in [0.4, 0.5) is 0 Å². The molecule has 3 aromatic rings. The highest BCUT2D eigenvalue weighted by molar-refractivity contribution is 5.94. The summed E-state index contributed by atoms with van der Waals surface area (Å²) >= 11 is 0. The van der Waals surface area contributed by atoms with Crippen molar-refractivity contribution >= 4 is 5.91 Å². The van der Waals surface area contributed by atoms with Crippen molar-refractivity contribution < 1.29 is 9.53 Å². The molecule has 0 unspecified atom stereocenters. The number of ether oxygens (including phenoxy) is 1. The summed E-state index contributed by atoms with van der Waals surface area (Å²) in [6.45, 7) is 3.09. The summed E-state index contributed by atoms with van der Waals surface area (Å²) < 4.78 is 7.71. The number of benzene rings is 1. The lowest BCUT2D eigenvalue weighted by Gasteiger charge is -2.37. The van der Waals surface area contributed by atoms with Gasteiger partial charge in [0.05, 0.1) is 37.7 Å². The lowest BCUT2D eigenvalue weighted by Crippen LogP contribution is -2.41. The van der Waals surface area contributed by atoms with E-state index >= 15 is 0 Å². The molecule has 3 heterocycles. The first-order valence-electron chi connectivity index (χ1n) is 8.40. The van der Waals surface area contributed by atoms with Gasteiger partial charge in [-0.05, 0) is 19.1 Å². The number of aromatic nitrogens is 4. The second kappa shape index (κ2) is 6.59. The van der Waals surface area contributed by atoms with E-state index in [1.165, 1.54) is 12.4 Å². The average molecular weight is 349 g/mol. The molecule has 26 heavy (non-hydrogen) atoms. The molecule has 0 spiro atoms. The van der Waals surface area contributed by atoms with Gasteiger partial charge < -0.3 is 14.2 Å². The quantitative estimate of drug-likeness (QED) is 0.726. The van der Waals surface area contributed by atoms with E-state index in [9.17, 15) is 4.79 Å². The predicted octanol–water partition coefficient (Wildman–Crippen LogP) is 2.39. The molecule has 2 aromatic heterocycles. The molecule has 0 aliphatic carbocycles. The number of amides is 1. The second-order valence-corrected chi connectivity index (χ2v) is 6.25. The number of hydrogen-bond acceptors (Lipinski definition) is 5. The van der Waals surface area contributed by atoms with Crippen LogP contribution in [-0.2, 0) is 13.1 Å². The van der Waals surface area contributed by atoms with Gasteiger partial charge in [-0.1, -0.05) is 18.2 Å². The summed E-state index contributed by atoms with van der Waals surface area (Å²) in [5, 5.41) is 7.60. The Morgan fingerprint density at radius 2 is 2.04 bits per heavy atom. The number of methoxy groups -OCH3 is 1. The van der Waals surface area contributed by atoms with E-state index in [0.717, 1.165) is 22.8 Å². The molecule has 0 radical (unpaired) electrons. The van der Waals surface area contributed by atoms with E-state index in [4.69, 9.17) is 4.74 Å². The zero-order valence-electron chi connectivity index (χ0n) is 14.7. The number of carbonyl (C=O) groups excluding carboxylic acids is 1. The van der Waals surface area contributed by atoms with Crippen molar-refractivity contribution in [2.24, 2.45) is 0 Å². The monoisotopic (exact) mass is 349 g/mol. The maximum Gasteiger partial charge on any atom is 0.256 e. The van der Waals surface area contributed by atoms with Crippen molar-refractivity contribution in [3.05, 3.63) is 71.6 Å². The maximum absolute atomic E-state index is 13.2. The molecule has 7 nitrogen and oxygen atoms in total. The fourth-order valence-corrected chi connectivity index (χ4v) is 3.42. The molecule has 1 aliphatic rings. The number of nitrogens with zero attached hydrogens (tertiary/aromatic N) is 5. The van der Waals surface area contributed by atoms with E-state index in [-0.39, 0.29) is 11.9 Å². The Kier molecular flexibility index (Phi) is 4.12. The topological polar surface area (TPSA) is 73.1 Å². The predicted molar refractivity (Wildman–Crippen MR) is 94.6 cm³/mol. The van der Waals surface area contributed by atoms with Crippen LogP contribution in [0.5, 0.6) is 5.75 Å². The van der Waals surface area contributed by atoms with Crippen LogP contribution >= 0.6 is 0 Å². The van der Waals surface area contributed by atoms with Gasteiger partial charge in [0.1, 0.15) is 11.6 Å². The highest BCUT2D eigenvalue weighted by atomic mass is 16.5. The molecule has 1 aromatic carbocycles. The molecule has 132 valence electrons. The number of fused-ring (bicyclic) bond motifs is 1. The molecule has 0 saturated heterocycles. The Morgan fingerprint density at radius 1 is 1.19 bits per heavy atom. The molecular weight excluding hydrogens is 330 g/mol. The van der Waals surface area contributed by atoms with E-state index in [1.54, 1.807) is 13.2 Å². The molecule has 4 rings (SSSR count). The zero-order chi connectivity index (χ0) is 18.1. The molecule has 1 amide bonds. The molecular formula is C19H19N5O2. The number of aryl methyl sites for hydroxylation is 1. The number of hydrogen-bond donors (Lipinski definition) is 0. The SMILES string of the molecule is COc1ccccc1[C@H]1Cn2c(C)cnc2CN1C(=O)c1ccnnc1. The molecule has 0 fully saturated rings. The molecule has 7 heteroatoms. The molecule has 1 atom stereocenters. The number of carbonyl (C=O) groups is 1. The first-order valence-corrected chi connectivity index (χ1v) is 8.40. The van der Waals surface area contributed by atoms with E-state index in [2.05, 4.69) is 19.7 Å². The standard InChI is InChI=1S/C19H19N5O2/c1-13-9-20-18-12-24(19(25)14-7-8-21-22-10-14)16(11-23(13)18)15-5-3-4-6-17(15)26-2/h3-10,16H,11-12H2,1-2H3/t16-/m1/s1. The lowest BCUT2D eigenvalue weighted by molar-refractivity contribution is 0.0579. The van der Waals surface area contributed by atoms with E-state index in [1.807, 2.05) is 42.3 Å². The number of para-hydroxylation sites is 1. The van der Waals surface area contributed by atoms with Gasteiger partial charge in [-0.15, -0.1) is 0 Å². The minimum Gasteiger partial charge on any atom is -0.496 e. The van der Waals surface area contributed by atoms with Gasteiger partial charge in [0, 0.05) is 24.0 Å². The Morgan fingerprint density at radius 3 is 2.81 bits per heavy atom. The van der Waals surface area contributed by atoms with Crippen molar-refractivity contribution in [3.63, 3.8) is 0 Å². The first kappa shape index (κ1) is 16.3. The third kappa shape index (κ3) is 2.71. The molecule has 0 bridgehead atoms. The highest BCUT2D eigenvalue weighted by Gasteiger charge is 2.34. The average Bonchev–Trinajstić information content (AvgIpc) is 3.07. The van der Waals surface area contributed by atoms with Crippen molar-refractivity contribution in [1.29, 1.82) is 0 Å². The summed E-state index contributed by atoms with van der Waals surface area (Å²) in [6, 6.07) is 9.34. The van der Waals surface area contributed by atoms with Crippen molar-refractivity contribution in [1.82, 2.24) is 24.6 Å². The van der Waals surface area contributed by atoms with Crippen LogP contribution in [0.2, 0.25) is 0 Å².